The third-order valence-corrected chi connectivity index (χ3v) is 4.47. The highest BCUT2D eigenvalue weighted by atomic mass is 15.2. The lowest BCUT2D eigenvalue weighted by molar-refractivity contribution is 0.0822. The summed E-state index contributed by atoms with van der Waals surface area (Å²) in [4.78, 5) is 2.72. The van der Waals surface area contributed by atoms with Crippen molar-refractivity contribution in [3.8, 4) is 0 Å². The van der Waals surface area contributed by atoms with Gasteiger partial charge >= 0.3 is 0 Å². The number of hydrogen-bond acceptors (Lipinski definition) is 2. The van der Waals surface area contributed by atoms with Crippen LogP contribution in [0, 0.1) is 0 Å². The maximum Gasteiger partial charge on any atom is 0.0306 e. The molecule has 0 amide bonds. The molecule has 1 atom stereocenters. The molecule has 0 aliphatic carbocycles. The van der Waals surface area contributed by atoms with Crippen LogP contribution in [-0.4, -0.2) is 36.6 Å². The molecule has 17 heavy (non-hydrogen) atoms. The van der Waals surface area contributed by atoms with Gasteiger partial charge in [0.2, 0.25) is 0 Å². The molecule has 1 heterocycles. The Balaban J connectivity index is 2.60. The highest BCUT2D eigenvalue weighted by Gasteiger charge is 2.33. The van der Waals surface area contributed by atoms with Gasteiger partial charge in [-0.05, 0) is 53.2 Å². The first-order valence-corrected chi connectivity index (χ1v) is 7.55. The molecule has 102 valence electrons. The monoisotopic (exact) mass is 240 g/mol. The van der Waals surface area contributed by atoms with Gasteiger partial charge in [0.05, 0.1) is 0 Å². The van der Waals surface area contributed by atoms with Crippen LogP contribution in [0.1, 0.15) is 65.7 Å². The Labute approximate surface area is 108 Å². The van der Waals surface area contributed by atoms with Crippen LogP contribution in [-0.2, 0) is 0 Å². The zero-order valence-corrected chi connectivity index (χ0v) is 12.4. The second kappa shape index (κ2) is 7.38. The fourth-order valence-corrected chi connectivity index (χ4v) is 3.13. The molecular weight excluding hydrogens is 208 g/mol. The maximum atomic E-state index is 3.55. The molecule has 1 unspecified atom stereocenters. The summed E-state index contributed by atoms with van der Waals surface area (Å²) in [6.45, 7) is 9.71. The Hall–Kier alpha value is -0.0800. The van der Waals surface area contributed by atoms with Crippen molar-refractivity contribution in [3.05, 3.63) is 0 Å². The molecule has 1 saturated heterocycles. The first kappa shape index (κ1) is 15.0. The van der Waals surface area contributed by atoms with Crippen LogP contribution in [0.3, 0.4) is 0 Å². The van der Waals surface area contributed by atoms with Crippen LogP contribution in [0.4, 0.5) is 0 Å². The lowest BCUT2D eigenvalue weighted by atomic mass is 9.88. The van der Waals surface area contributed by atoms with E-state index in [2.05, 4.69) is 38.0 Å². The summed E-state index contributed by atoms with van der Waals surface area (Å²) in [6.07, 6.45) is 9.55. The van der Waals surface area contributed by atoms with E-state index in [0.29, 0.717) is 11.6 Å². The van der Waals surface area contributed by atoms with E-state index in [0.717, 1.165) is 0 Å². The van der Waals surface area contributed by atoms with Crippen molar-refractivity contribution in [1.82, 2.24) is 10.2 Å². The minimum Gasteiger partial charge on any atom is -0.315 e. The molecule has 0 bridgehead atoms. The standard InChI is InChI=1S/C15H32N2/c1-5-6-11-14(16-4)15(2,3)17-12-9-7-8-10-13-17/h14,16H,5-13H2,1-4H3. The molecule has 0 radical (unpaired) electrons. The first-order chi connectivity index (χ1) is 8.12. The maximum absolute atomic E-state index is 3.55. The number of likely N-dealkylation sites (tertiary alicyclic amines) is 1. The van der Waals surface area contributed by atoms with Crippen LogP contribution in [0.25, 0.3) is 0 Å². The second-order valence-electron chi connectivity index (χ2n) is 6.04. The predicted octanol–water partition coefficient (Wildman–Crippen LogP) is 3.42. The molecule has 2 heteroatoms. The van der Waals surface area contributed by atoms with E-state index < -0.39 is 0 Å². The molecule has 0 aromatic heterocycles. The molecular formula is C15H32N2. The first-order valence-electron chi connectivity index (χ1n) is 7.55. The van der Waals surface area contributed by atoms with E-state index in [1.807, 2.05) is 0 Å². The molecule has 0 saturated carbocycles. The average Bonchev–Trinajstić information content (AvgIpc) is 2.58. The second-order valence-corrected chi connectivity index (χ2v) is 6.04. The third kappa shape index (κ3) is 4.26. The minimum atomic E-state index is 0.300. The Morgan fingerprint density at radius 3 is 2.18 bits per heavy atom. The summed E-state index contributed by atoms with van der Waals surface area (Å²) in [5, 5.41) is 3.55. The molecule has 0 aromatic carbocycles. The van der Waals surface area contributed by atoms with Crippen molar-refractivity contribution < 1.29 is 0 Å². The lowest BCUT2D eigenvalue weighted by Gasteiger charge is -2.44. The van der Waals surface area contributed by atoms with Crippen molar-refractivity contribution in [2.45, 2.75) is 77.3 Å². The van der Waals surface area contributed by atoms with Gasteiger partial charge in [-0.2, -0.15) is 0 Å². The van der Waals surface area contributed by atoms with E-state index >= 15 is 0 Å². The van der Waals surface area contributed by atoms with E-state index in [1.165, 1.54) is 58.0 Å². The molecule has 0 spiro atoms. The molecule has 1 aliphatic heterocycles. The van der Waals surface area contributed by atoms with Gasteiger partial charge in [0.15, 0.2) is 0 Å². The van der Waals surface area contributed by atoms with Gasteiger partial charge in [0.25, 0.3) is 0 Å². The van der Waals surface area contributed by atoms with Crippen molar-refractivity contribution >= 4 is 0 Å². The van der Waals surface area contributed by atoms with Gasteiger partial charge in [0, 0.05) is 11.6 Å². The molecule has 1 fully saturated rings. The van der Waals surface area contributed by atoms with Gasteiger partial charge in [0.1, 0.15) is 0 Å². The average molecular weight is 240 g/mol. The van der Waals surface area contributed by atoms with Gasteiger partial charge in [-0.15, -0.1) is 0 Å². The quantitative estimate of drug-likeness (QED) is 0.765. The summed E-state index contributed by atoms with van der Waals surface area (Å²) in [7, 11) is 2.12. The fourth-order valence-electron chi connectivity index (χ4n) is 3.13. The highest BCUT2D eigenvalue weighted by molar-refractivity contribution is 4.93. The van der Waals surface area contributed by atoms with Crippen LogP contribution >= 0.6 is 0 Å². The summed E-state index contributed by atoms with van der Waals surface area (Å²) in [5.41, 5.74) is 0.300. The van der Waals surface area contributed by atoms with Crippen LogP contribution in [0.2, 0.25) is 0 Å². The normalized spacial score (nSPS) is 21.2. The van der Waals surface area contributed by atoms with Crippen molar-refractivity contribution in [1.29, 1.82) is 0 Å². The lowest BCUT2D eigenvalue weighted by Crippen LogP contribution is -2.57. The van der Waals surface area contributed by atoms with E-state index in [4.69, 9.17) is 0 Å². The molecule has 1 aliphatic rings. The Morgan fingerprint density at radius 1 is 1.12 bits per heavy atom. The topological polar surface area (TPSA) is 15.3 Å². The minimum absolute atomic E-state index is 0.300. The number of likely N-dealkylation sites (N-methyl/N-ethyl adjacent to an activating group) is 1. The van der Waals surface area contributed by atoms with Gasteiger partial charge in [-0.25, -0.2) is 0 Å². The zero-order valence-electron chi connectivity index (χ0n) is 12.4. The smallest absolute Gasteiger partial charge is 0.0306 e. The third-order valence-electron chi connectivity index (χ3n) is 4.47. The Kier molecular flexibility index (Phi) is 6.50. The SMILES string of the molecule is CCCCC(NC)C(C)(C)N1CCCCCC1. The largest absolute Gasteiger partial charge is 0.315 e. The molecule has 1 rings (SSSR count). The summed E-state index contributed by atoms with van der Waals surface area (Å²) >= 11 is 0. The molecule has 2 nitrogen and oxygen atoms in total. The number of nitrogens with one attached hydrogen (secondary N) is 1. The van der Waals surface area contributed by atoms with Crippen molar-refractivity contribution in [2.75, 3.05) is 20.1 Å². The van der Waals surface area contributed by atoms with Crippen molar-refractivity contribution in [3.63, 3.8) is 0 Å². The Morgan fingerprint density at radius 2 is 1.71 bits per heavy atom. The summed E-state index contributed by atoms with van der Waals surface area (Å²) < 4.78 is 0. The highest BCUT2D eigenvalue weighted by Crippen LogP contribution is 2.25. The fraction of sp³-hybridized carbons (Fsp3) is 1.00. The van der Waals surface area contributed by atoms with Gasteiger partial charge in [-0.1, -0.05) is 32.6 Å². The predicted molar refractivity (Wildman–Crippen MR) is 76.5 cm³/mol. The Bertz CT molecular complexity index is 193. The number of nitrogens with zero attached hydrogens (tertiary/aromatic N) is 1. The van der Waals surface area contributed by atoms with Crippen LogP contribution in [0.15, 0.2) is 0 Å². The number of unbranched alkanes of at least 4 members (excludes halogenated alkanes) is 1. The zero-order chi connectivity index (χ0) is 12.7. The van der Waals surface area contributed by atoms with Gasteiger partial charge < -0.3 is 5.32 Å². The van der Waals surface area contributed by atoms with Crippen LogP contribution < -0.4 is 5.32 Å². The summed E-state index contributed by atoms with van der Waals surface area (Å²) in [5.74, 6) is 0. The molecule has 1 N–H and O–H groups in total. The van der Waals surface area contributed by atoms with E-state index in [9.17, 15) is 0 Å². The van der Waals surface area contributed by atoms with E-state index in [-0.39, 0.29) is 0 Å². The summed E-state index contributed by atoms with van der Waals surface area (Å²) in [6, 6.07) is 0.626. The number of hydrogen-bond donors (Lipinski definition) is 1. The molecule has 0 aromatic rings. The van der Waals surface area contributed by atoms with Gasteiger partial charge in [-0.3, -0.25) is 4.90 Å². The van der Waals surface area contributed by atoms with E-state index in [1.54, 1.807) is 0 Å². The van der Waals surface area contributed by atoms with Crippen LogP contribution in [0.5, 0.6) is 0 Å². The number of rotatable bonds is 6. The van der Waals surface area contributed by atoms with Crippen molar-refractivity contribution in [2.24, 2.45) is 0 Å².